The van der Waals surface area contributed by atoms with Crippen molar-refractivity contribution in [1.82, 2.24) is 34.5 Å². The van der Waals surface area contributed by atoms with Crippen LogP contribution in [0.3, 0.4) is 0 Å². The Labute approximate surface area is 239 Å². The van der Waals surface area contributed by atoms with Crippen LogP contribution in [0, 0.1) is 12.7 Å². The zero-order valence-electron chi connectivity index (χ0n) is 22.7. The van der Waals surface area contributed by atoms with Crippen LogP contribution in [-0.4, -0.2) is 71.0 Å². The highest BCUT2D eigenvalue weighted by atomic mass is 79.9. The molecule has 0 aromatic carbocycles. The lowest BCUT2D eigenvalue weighted by Crippen LogP contribution is -2.42. The van der Waals surface area contributed by atoms with E-state index in [2.05, 4.69) is 36.3 Å². The van der Waals surface area contributed by atoms with Crippen molar-refractivity contribution in [1.29, 1.82) is 0 Å². The maximum Gasteiger partial charge on any atom is 0.410 e. The van der Waals surface area contributed by atoms with E-state index < -0.39 is 17.5 Å². The molecule has 0 aliphatic carbocycles. The molecule has 0 spiro atoms. The number of carbonyl (C=O) groups is 1. The van der Waals surface area contributed by atoms with E-state index in [1.165, 1.54) is 12.1 Å². The van der Waals surface area contributed by atoms with Gasteiger partial charge in [-0.2, -0.15) is 5.10 Å². The quantitative estimate of drug-likeness (QED) is 0.326. The molecule has 1 saturated heterocycles. The maximum atomic E-state index is 13.2. The van der Waals surface area contributed by atoms with Crippen molar-refractivity contribution in [3.8, 4) is 17.0 Å². The number of piperidine rings is 1. The first-order chi connectivity index (χ1) is 19.0. The number of nitrogens with zero attached hydrogens (tertiary/aromatic N) is 7. The van der Waals surface area contributed by atoms with Crippen molar-refractivity contribution in [3.05, 3.63) is 58.5 Å². The van der Waals surface area contributed by atoms with Gasteiger partial charge in [0, 0.05) is 24.8 Å². The summed E-state index contributed by atoms with van der Waals surface area (Å²) < 4.78 is 29.1. The number of hydrogen-bond donors (Lipinski definition) is 1. The van der Waals surface area contributed by atoms with E-state index >= 15 is 0 Å². The Morgan fingerprint density at radius 1 is 1.25 bits per heavy atom. The van der Waals surface area contributed by atoms with Crippen LogP contribution in [0.2, 0.25) is 0 Å². The number of fused-ring (bicyclic) bond motifs is 1. The van der Waals surface area contributed by atoms with Gasteiger partial charge >= 0.3 is 6.09 Å². The standard InChI is InChI=1S/C27H31BrFN7O4/c1-16-24(32-33-36(16)19-7-9-34(10-8-19)26(38)40-27(2,3)4)17-11-23(25-20(28)13-31-35(25)14-17)39-15-22(37)21-6-5-18(29)12-30-21/h5-6,11-14,19,22,37H,7-10,15H2,1-4H3. The molecule has 0 saturated carbocycles. The predicted molar refractivity (Wildman–Crippen MR) is 147 cm³/mol. The lowest BCUT2D eigenvalue weighted by atomic mass is 10.0. The third-order valence-corrected chi connectivity index (χ3v) is 7.26. The van der Waals surface area contributed by atoms with E-state index in [-0.39, 0.29) is 18.7 Å². The second-order valence-corrected chi connectivity index (χ2v) is 11.6. The molecule has 1 fully saturated rings. The maximum absolute atomic E-state index is 13.2. The van der Waals surface area contributed by atoms with Gasteiger partial charge in [0.2, 0.25) is 0 Å². The van der Waals surface area contributed by atoms with Gasteiger partial charge in [0.25, 0.3) is 0 Å². The number of aromatic nitrogens is 6. The summed E-state index contributed by atoms with van der Waals surface area (Å²) in [5.74, 6) is -0.00543. The number of halogens is 2. The minimum atomic E-state index is -1.06. The van der Waals surface area contributed by atoms with Crippen molar-refractivity contribution >= 4 is 27.5 Å². The summed E-state index contributed by atoms with van der Waals surface area (Å²) in [4.78, 5) is 18.1. The van der Waals surface area contributed by atoms with E-state index in [0.717, 1.165) is 34.8 Å². The van der Waals surface area contributed by atoms with Crippen LogP contribution in [0.4, 0.5) is 9.18 Å². The van der Waals surface area contributed by atoms with Crippen molar-refractivity contribution in [2.75, 3.05) is 19.7 Å². The first kappa shape index (κ1) is 28.0. The van der Waals surface area contributed by atoms with E-state index in [4.69, 9.17) is 9.47 Å². The van der Waals surface area contributed by atoms with E-state index in [1.54, 1.807) is 15.6 Å². The summed E-state index contributed by atoms with van der Waals surface area (Å²) in [6.07, 6.45) is 4.67. The van der Waals surface area contributed by atoms with Crippen LogP contribution >= 0.6 is 15.9 Å². The number of pyridine rings is 2. The number of carbonyl (C=O) groups excluding carboxylic acids is 1. The number of rotatable bonds is 6. The summed E-state index contributed by atoms with van der Waals surface area (Å²) in [5, 5.41) is 23.9. The highest BCUT2D eigenvalue weighted by Gasteiger charge is 2.29. The third-order valence-electron chi connectivity index (χ3n) is 6.68. The van der Waals surface area contributed by atoms with Gasteiger partial charge in [-0.1, -0.05) is 5.21 Å². The van der Waals surface area contributed by atoms with Gasteiger partial charge in [-0.15, -0.1) is 5.10 Å². The Balaban J connectivity index is 1.34. The Bertz CT molecular complexity index is 1510. The largest absolute Gasteiger partial charge is 0.488 e. The molecule has 0 bridgehead atoms. The normalized spacial score (nSPS) is 15.4. The second kappa shape index (κ2) is 11.1. The van der Waals surface area contributed by atoms with E-state index in [9.17, 15) is 14.3 Å². The number of aliphatic hydroxyl groups excluding tert-OH is 1. The van der Waals surface area contributed by atoms with Gasteiger partial charge in [-0.05, 0) is 74.7 Å². The monoisotopic (exact) mass is 615 g/mol. The fourth-order valence-corrected chi connectivity index (χ4v) is 5.17. The molecule has 1 amide bonds. The lowest BCUT2D eigenvalue weighted by Gasteiger charge is -2.33. The minimum Gasteiger partial charge on any atom is -0.488 e. The first-order valence-corrected chi connectivity index (χ1v) is 13.8. The zero-order chi connectivity index (χ0) is 28.6. The molecular formula is C27H31BrFN7O4. The molecule has 4 aromatic rings. The van der Waals surface area contributed by atoms with Crippen molar-refractivity contribution in [2.45, 2.75) is 58.3 Å². The number of ether oxygens (including phenoxy) is 2. The highest BCUT2D eigenvalue weighted by molar-refractivity contribution is 9.10. The molecule has 212 valence electrons. The molecule has 5 heterocycles. The molecule has 1 unspecified atom stereocenters. The Morgan fingerprint density at radius 3 is 2.67 bits per heavy atom. The van der Waals surface area contributed by atoms with Crippen LogP contribution < -0.4 is 4.74 Å². The Morgan fingerprint density at radius 2 is 2.00 bits per heavy atom. The summed E-state index contributed by atoms with van der Waals surface area (Å²) in [6, 6.07) is 4.59. The minimum absolute atomic E-state index is 0.0941. The van der Waals surface area contributed by atoms with Gasteiger partial charge in [0.1, 0.15) is 41.1 Å². The SMILES string of the molecule is Cc1c(-c2cc(OCC(O)c3ccc(F)cn3)c3c(Br)cnn3c2)nnn1C1CCN(C(=O)OC(C)(C)C)CC1. The molecule has 11 nitrogen and oxygen atoms in total. The Kier molecular flexibility index (Phi) is 7.78. The van der Waals surface area contributed by atoms with Gasteiger partial charge < -0.3 is 19.5 Å². The predicted octanol–water partition coefficient (Wildman–Crippen LogP) is 4.88. The molecule has 5 rings (SSSR count). The number of amides is 1. The van der Waals surface area contributed by atoms with Crippen LogP contribution in [-0.2, 0) is 4.74 Å². The van der Waals surface area contributed by atoms with E-state index in [1.807, 2.05) is 44.6 Å². The molecule has 13 heteroatoms. The fraction of sp³-hybridized carbons (Fsp3) is 0.444. The average molecular weight is 616 g/mol. The smallest absolute Gasteiger partial charge is 0.410 e. The summed E-state index contributed by atoms with van der Waals surface area (Å²) in [6.45, 7) is 8.59. The molecule has 1 N–H and O–H groups in total. The Hall–Kier alpha value is -3.58. The molecule has 40 heavy (non-hydrogen) atoms. The molecule has 1 aliphatic heterocycles. The van der Waals surface area contributed by atoms with Crippen molar-refractivity contribution in [3.63, 3.8) is 0 Å². The van der Waals surface area contributed by atoms with Gasteiger partial charge in [-0.25, -0.2) is 18.4 Å². The molecule has 0 radical (unpaired) electrons. The van der Waals surface area contributed by atoms with Gasteiger partial charge in [0.05, 0.1) is 34.3 Å². The topological polar surface area (TPSA) is 120 Å². The molecule has 1 atom stereocenters. The second-order valence-electron chi connectivity index (χ2n) is 10.8. The third kappa shape index (κ3) is 5.94. The van der Waals surface area contributed by atoms with Crippen LogP contribution in [0.5, 0.6) is 5.75 Å². The lowest BCUT2D eigenvalue weighted by molar-refractivity contribution is 0.0183. The molecular weight excluding hydrogens is 585 g/mol. The van der Waals surface area contributed by atoms with Crippen LogP contribution in [0.25, 0.3) is 16.8 Å². The molecule has 1 aliphatic rings. The van der Waals surface area contributed by atoms with Crippen LogP contribution in [0.15, 0.2) is 41.3 Å². The van der Waals surface area contributed by atoms with E-state index in [0.29, 0.717) is 35.7 Å². The number of likely N-dealkylation sites (tertiary alicyclic amines) is 1. The summed E-state index contributed by atoms with van der Waals surface area (Å²) in [5.41, 5.74) is 2.74. The highest BCUT2D eigenvalue weighted by Crippen LogP contribution is 2.34. The summed E-state index contributed by atoms with van der Waals surface area (Å²) >= 11 is 3.51. The number of hydrogen-bond acceptors (Lipinski definition) is 8. The van der Waals surface area contributed by atoms with Gasteiger partial charge in [-0.3, -0.25) is 4.98 Å². The molecule has 4 aromatic heterocycles. The van der Waals surface area contributed by atoms with Crippen molar-refractivity contribution < 1.29 is 23.8 Å². The fourth-order valence-electron chi connectivity index (χ4n) is 4.70. The first-order valence-electron chi connectivity index (χ1n) is 13.0. The summed E-state index contributed by atoms with van der Waals surface area (Å²) in [7, 11) is 0. The number of aliphatic hydroxyl groups is 1. The zero-order valence-corrected chi connectivity index (χ0v) is 24.3. The average Bonchev–Trinajstić information content (AvgIpc) is 3.49. The van der Waals surface area contributed by atoms with Crippen molar-refractivity contribution in [2.24, 2.45) is 0 Å². The van der Waals surface area contributed by atoms with Crippen LogP contribution in [0.1, 0.15) is 57.1 Å². The van der Waals surface area contributed by atoms with Gasteiger partial charge in [0.15, 0.2) is 0 Å².